The largest absolute Gasteiger partial charge is 0.307 e. The van der Waals surface area contributed by atoms with Crippen molar-refractivity contribution in [2.45, 2.75) is 33.7 Å². The average Bonchev–Trinajstić information content (AvgIpc) is 2.36. The van der Waals surface area contributed by atoms with E-state index in [1.807, 2.05) is 0 Å². The molecule has 20 heavy (non-hydrogen) atoms. The predicted octanol–water partition coefficient (Wildman–Crippen LogP) is 5.07. The molecule has 0 radical (unpaired) electrons. The summed E-state index contributed by atoms with van der Waals surface area (Å²) in [7, 11) is 0. The lowest BCUT2D eigenvalue weighted by Crippen LogP contribution is -2.23. The van der Waals surface area contributed by atoms with Crippen LogP contribution in [-0.2, 0) is 0 Å². The monoisotopic (exact) mass is 331 g/mol. The predicted molar refractivity (Wildman–Crippen MR) is 90.3 cm³/mol. The maximum absolute atomic E-state index is 3.62. The van der Waals surface area contributed by atoms with Crippen molar-refractivity contribution in [2.24, 2.45) is 0 Å². The lowest BCUT2D eigenvalue weighted by molar-refractivity contribution is 0.624. The fourth-order valence-corrected chi connectivity index (χ4v) is 3.34. The quantitative estimate of drug-likeness (QED) is 0.824. The highest BCUT2D eigenvalue weighted by Crippen LogP contribution is 2.30. The van der Waals surface area contributed by atoms with Gasteiger partial charge >= 0.3 is 0 Å². The van der Waals surface area contributed by atoms with Crippen molar-refractivity contribution in [3.63, 3.8) is 0 Å². The minimum Gasteiger partial charge on any atom is -0.307 e. The van der Waals surface area contributed by atoms with Crippen LogP contribution in [0.25, 0.3) is 0 Å². The molecule has 0 heterocycles. The van der Waals surface area contributed by atoms with Crippen LogP contribution in [0.5, 0.6) is 0 Å². The molecule has 1 unspecified atom stereocenters. The number of nitrogens with one attached hydrogen (secondary N) is 1. The molecule has 0 aliphatic rings. The van der Waals surface area contributed by atoms with Gasteiger partial charge in [-0.05, 0) is 61.7 Å². The number of rotatable bonds is 4. The first kappa shape index (κ1) is 15.3. The maximum Gasteiger partial charge on any atom is 0.0582 e. The SMILES string of the molecule is CCNC(c1cccc(Br)c1)c1c(C)cc(C)cc1C. The lowest BCUT2D eigenvalue weighted by Gasteiger charge is -2.24. The Morgan fingerprint density at radius 3 is 2.25 bits per heavy atom. The number of halogens is 1. The first-order chi connectivity index (χ1) is 9.52. The molecule has 1 N–H and O–H groups in total. The van der Waals surface area contributed by atoms with E-state index < -0.39 is 0 Å². The van der Waals surface area contributed by atoms with E-state index in [0.717, 1.165) is 11.0 Å². The van der Waals surface area contributed by atoms with Crippen LogP contribution in [0, 0.1) is 20.8 Å². The molecule has 1 nitrogen and oxygen atoms in total. The summed E-state index contributed by atoms with van der Waals surface area (Å²) in [6.45, 7) is 9.67. The summed E-state index contributed by atoms with van der Waals surface area (Å²) in [4.78, 5) is 0. The molecule has 2 aromatic rings. The summed E-state index contributed by atoms with van der Waals surface area (Å²) in [5.74, 6) is 0. The van der Waals surface area contributed by atoms with Crippen molar-refractivity contribution in [3.8, 4) is 0 Å². The number of aryl methyl sites for hydroxylation is 3. The van der Waals surface area contributed by atoms with Gasteiger partial charge in [-0.2, -0.15) is 0 Å². The van der Waals surface area contributed by atoms with Crippen LogP contribution in [-0.4, -0.2) is 6.54 Å². The van der Waals surface area contributed by atoms with Crippen LogP contribution < -0.4 is 5.32 Å². The van der Waals surface area contributed by atoms with E-state index in [1.54, 1.807) is 0 Å². The summed E-state index contributed by atoms with van der Waals surface area (Å²) < 4.78 is 1.13. The van der Waals surface area contributed by atoms with E-state index in [9.17, 15) is 0 Å². The Bertz CT molecular complexity index is 581. The van der Waals surface area contributed by atoms with Crippen LogP contribution in [0.3, 0.4) is 0 Å². The highest BCUT2D eigenvalue weighted by Gasteiger charge is 2.17. The molecular formula is C18H22BrN. The number of hydrogen-bond donors (Lipinski definition) is 1. The minimum atomic E-state index is 0.248. The van der Waals surface area contributed by atoms with E-state index in [-0.39, 0.29) is 6.04 Å². The van der Waals surface area contributed by atoms with E-state index in [2.05, 4.69) is 85.3 Å². The highest BCUT2D eigenvalue weighted by atomic mass is 79.9. The van der Waals surface area contributed by atoms with Gasteiger partial charge in [-0.1, -0.05) is 52.7 Å². The van der Waals surface area contributed by atoms with Crippen LogP contribution in [0.2, 0.25) is 0 Å². The zero-order valence-electron chi connectivity index (χ0n) is 12.6. The fourth-order valence-electron chi connectivity index (χ4n) is 2.92. The average molecular weight is 332 g/mol. The molecule has 0 spiro atoms. The zero-order valence-corrected chi connectivity index (χ0v) is 14.2. The number of hydrogen-bond acceptors (Lipinski definition) is 1. The van der Waals surface area contributed by atoms with Crippen molar-refractivity contribution in [2.75, 3.05) is 6.54 Å². The van der Waals surface area contributed by atoms with Gasteiger partial charge in [-0.15, -0.1) is 0 Å². The standard InChI is InChI=1S/C18H22BrN/c1-5-20-18(15-7-6-8-16(19)11-15)17-13(3)9-12(2)10-14(17)4/h6-11,18,20H,5H2,1-4H3. The second-order valence-electron chi connectivity index (χ2n) is 5.36. The maximum atomic E-state index is 3.62. The molecule has 0 saturated carbocycles. The van der Waals surface area contributed by atoms with Gasteiger partial charge in [0.1, 0.15) is 0 Å². The summed E-state index contributed by atoms with van der Waals surface area (Å²) >= 11 is 3.57. The topological polar surface area (TPSA) is 12.0 Å². The van der Waals surface area contributed by atoms with Gasteiger partial charge in [0.25, 0.3) is 0 Å². The van der Waals surface area contributed by atoms with Crippen LogP contribution in [0.1, 0.15) is 40.8 Å². The molecule has 0 saturated heterocycles. The molecule has 0 aliphatic carbocycles. The number of benzene rings is 2. The smallest absolute Gasteiger partial charge is 0.0582 e. The molecule has 2 heteroatoms. The first-order valence-corrected chi connectivity index (χ1v) is 7.88. The van der Waals surface area contributed by atoms with E-state index in [0.29, 0.717) is 0 Å². The Morgan fingerprint density at radius 1 is 1.05 bits per heavy atom. The van der Waals surface area contributed by atoms with Gasteiger partial charge in [0.05, 0.1) is 6.04 Å². The van der Waals surface area contributed by atoms with Crippen molar-refractivity contribution < 1.29 is 0 Å². The molecule has 0 amide bonds. The van der Waals surface area contributed by atoms with Gasteiger partial charge in [0.15, 0.2) is 0 Å². The second kappa shape index (κ2) is 6.55. The molecule has 2 rings (SSSR count). The first-order valence-electron chi connectivity index (χ1n) is 7.09. The molecule has 0 bridgehead atoms. The second-order valence-corrected chi connectivity index (χ2v) is 6.27. The van der Waals surface area contributed by atoms with Crippen molar-refractivity contribution in [3.05, 3.63) is 68.7 Å². The highest BCUT2D eigenvalue weighted by molar-refractivity contribution is 9.10. The van der Waals surface area contributed by atoms with Crippen molar-refractivity contribution in [1.82, 2.24) is 5.32 Å². The van der Waals surface area contributed by atoms with Crippen LogP contribution in [0.4, 0.5) is 0 Å². The van der Waals surface area contributed by atoms with E-state index in [1.165, 1.54) is 27.8 Å². The van der Waals surface area contributed by atoms with Gasteiger partial charge in [-0.3, -0.25) is 0 Å². The lowest BCUT2D eigenvalue weighted by atomic mass is 9.90. The Kier molecular flexibility index (Phi) is 5.00. The molecule has 1 atom stereocenters. The summed E-state index contributed by atoms with van der Waals surface area (Å²) in [5.41, 5.74) is 6.74. The van der Waals surface area contributed by atoms with E-state index in [4.69, 9.17) is 0 Å². The Balaban J connectivity index is 2.54. The van der Waals surface area contributed by atoms with Gasteiger partial charge in [0, 0.05) is 4.47 Å². The zero-order chi connectivity index (χ0) is 14.7. The minimum absolute atomic E-state index is 0.248. The summed E-state index contributed by atoms with van der Waals surface area (Å²) in [6, 6.07) is 13.3. The van der Waals surface area contributed by atoms with Gasteiger partial charge in [-0.25, -0.2) is 0 Å². The third-order valence-corrected chi connectivity index (χ3v) is 4.11. The molecular weight excluding hydrogens is 310 g/mol. The van der Waals surface area contributed by atoms with Gasteiger partial charge < -0.3 is 5.32 Å². The van der Waals surface area contributed by atoms with Crippen molar-refractivity contribution in [1.29, 1.82) is 0 Å². The molecule has 0 fully saturated rings. The molecule has 0 aromatic heterocycles. The summed E-state index contributed by atoms with van der Waals surface area (Å²) in [5, 5.41) is 3.62. The molecule has 0 aliphatic heterocycles. The van der Waals surface area contributed by atoms with Crippen molar-refractivity contribution >= 4 is 15.9 Å². The third-order valence-electron chi connectivity index (χ3n) is 3.62. The van der Waals surface area contributed by atoms with Crippen LogP contribution >= 0.6 is 15.9 Å². The normalized spacial score (nSPS) is 12.4. The fraction of sp³-hybridized carbons (Fsp3) is 0.333. The van der Waals surface area contributed by atoms with E-state index >= 15 is 0 Å². The molecule has 2 aromatic carbocycles. The van der Waals surface area contributed by atoms with Crippen LogP contribution in [0.15, 0.2) is 40.9 Å². The Morgan fingerprint density at radius 2 is 1.70 bits per heavy atom. The Labute approximate surface area is 130 Å². The molecule has 106 valence electrons. The third kappa shape index (κ3) is 3.31. The summed E-state index contributed by atoms with van der Waals surface area (Å²) in [6.07, 6.45) is 0. The Hall–Kier alpha value is -1.12. The van der Waals surface area contributed by atoms with Gasteiger partial charge in [0.2, 0.25) is 0 Å².